The Balaban J connectivity index is 0.000000347. The molecule has 20 heavy (non-hydrogen) atoms. The predicted octanol–water partition coefficient (Wildman–Crippen LogP) is 3.17. The van der Waals surface area contributed by atoms with E-state index in [0.717, 1.165) is 6.42 Å². The fourth-order valence-corrected chi connectivity index (χ4v) is 2.49. The lowest BCUT2D eigenvalue weighted by Gasteiger charge is -2.20. The van der Waals surface area contributed by atoms with Crippen LogP contribution in [0.1, 0.15) is 37.7 Å². The summed E-state index contributed by atoms with van der Waals surface area (Å²) < 4.78 is 18.3. The molecule has 1 aliphatic rings. The molecule has 1 amide bonds. The molecule has 1 aliphatic carbocycles. The van der Waals surface area contributed by atoms with Crippen LogP contribution in [0.5, 0.6) is 0 Å². The van der Waals surface area contributed by atoms with Crippen LogP contribution in [0, 0.1) is 0 Å². The highest BCUT2D eigenvalue weighted by atomic mass is 36.0. The lowest BCUT2D eigenvalue weighted by molar-refractivity contribution is -0.119. The Hall–Kier alpha value is -0.780. The first-order valence-electron chi connectivity index (χ1n) is 6.23. The summed E-state index contributed by atoms with van der Waals surface area (Å²) in [5.41, 5.74) is 1.36. The second kappa shape index (κ2) is 7.86. The Morgan fingerprint density at radius 2 is 1.75 bits per heavy atom. The topological polar surface area (TPSA) is 63.2 Å². The zero-order valence-corrected chi connectivity index (χ0v) is 13.4. The summed E-state index contributed by atoms with van der Waals surface area (Å²) >= 11 is 0. The van der Waals surface area contributed by atoms with Crippen molar-refractivity contribution in [1.82, 2.24) is 5.32 Å². The molecule has 0 spiro atoms. The van der Waals surface area contributed by atoms with E-state index < -0.39 is 8.26 Å². The van der Waals surface area contributed by atoms with E-state index in [-0.39, 0.29) is 5.91 Å². The van der Waals surface area contributed by atoms with E-state index in [9.17, 15) is 4.79 Å². The maximum absolute atomic E-state index is 11.1. The monoisotopic (exact) mass is 337 g/mol. The van der Waals surface area contributed by atoms with Crippen LogP contribution in [0.3, 0.4) is 0 Å². The van der Waals surface area contributed by atoms with Gasteiger partial charge in [0.25, 0.3) is 0 Å². The summed E-state index contributed by atoms with van der Waals surface area (Å²) in [5.74, 6) is 0.595. The molecule has 7 heteroatoms. The van der Waals surface area contributed by atoms with Crippen molar-refractivity contribution in [1.29, 1.82) is 0 Å². The SMILES string of the molecule is CC(=O)NC1CCCC1c1ccccc1.O=S(=O)(Cl)Cl. The maximum Gasteiger partial charge on any atom is 0.317 e. The fourth-order valence-electron chi connectivity index (χ4n) is 2.49. The smallest absolute Gasteiger partial charge is 0.317 e. The summed E-state index contributed by atoms with van der Waals surface area (Å²) in [4.78, 5) is 11.1. The van der Waals surface area contributed by atoms with Gasteiger partial charge in [0.2, 0.25) is 5.91 Å². The molecular formula is C13H17Cl2NO3S. The normalized spacial score (nSPS) is 21.8. The Morgan fingerprint density at radius 1 is 1.20 bits per heavy atom. The minimum absolute atomic E-state index is 0.0860. The average Bonchev–Trinajstić information content (AvgIpc) is 2.75. The lowest BCUT2D eigenvalue weighted by atomic mass is 9.94. The molecule has 1 saturated carbocycles. The number of carbonyl (C=O) groups excluding carboxylic acids is 1. The molecule has 1 fully saturated rings. The van der Waals surface area contributed by atoms with E-state index in [2.05, 4.69) is 50.9 Å². The minimum Gasteiger partial charge on any atom is -0.353 e. The molecule has 0 radical (unpaired) electrons. The Morgan fingerprint density at radius 3 is 2.25 bits per heavy atom. The van der Waals surface area contributed by atoms with Gasteiger partial charge in [-0.1, -0.05) is 36.8 Å². The fraction of sp³-hybridized carbons (Fsp3) is 0.462. The van der Waals surface area contributed by atoms with Crippen molar-refractivity contribution in [3.05, 3.63) is 35.9 Å². The minimum atomic E-state index is -3.72. The third-order valence-electron chi connectivity index (χ3n) is 3.13. The number of amides is 1. The second-order valence-electron chi connectivity index (χ2n) is 4.63. The van der Waals surface area contributed by atoms with E-state index in [4.69, 9.17) is 8.42 Å². The summed E-state index contributed by atoms with van der Waals surface area (Å²) in [7, 11) is 4.81. The van der Waals surface area contributed by atoms with Gasteiger partial charge in [0.1, 0.15) is 0 Å². The predicted molar refractivity (Wildman–Crippen MR) is 81.3 cm³/mol. The number of halogens is 2. The maximum atomic E-state index is 11.1. The molecule has 1 aromatic carbocycles. The molecule has 1 N–H and O–H groups in total. The largest absolute Gasteiger partial charge is 0.353 e. The third kappa shape index (κ3) is 7.12. The first kappa shape index (κ1) is 17.3. The molecule has 0 aromatic heterocycles. The van der Waals surface area contributed by atoms with E-state index in [0.29, 0.717) is 12.0 Å². The Labute approximate surface area is 128 Å². The number of carbonyl (C=O) groups is 1. The first-order valence-corrected chi connectivity index (χ1v) is 9.37. The zero-order valence-electron chi connectivity index (χ0n) is 11.1. The van der Waals surface area contributed by atoms with E-state index in [1.807, 2.05) is 6.07 Å². The van der Waals surface area contributed by atoms with Crippen LogP contribution in [-0.4, -0.2) is 20.4 Å². The third-order valence-corrected chi connectivity index (χ3v) is 3.13. The summed E-state index contributed by atoms with van der Waals surface area (Å²) in [6, 6.07) is 10.8. The van der Waals surface area contributed by atoms with Crippen LogP contribution in [0.15, 0.2) is 30.3 Å². The zero-order chi connectivity index (χ0) is 15.2. The van der Waals surface area contributed by atoms with Crippen molar-refractivity contribution in [2.24, 2.45) is 0 Å². The highest BCUT2D eigenvalue weighted by Crippen LogP contribution is 2.34. The summed E-state index contributed by atoms with van der Waals surface area (Å²) in [6.45, 7) is 1.60. The van der Waals surface area contributed by atoms with E-state index in [1.165, 1.54) is 18.4 Å². The summed E-state index contributed by atoms with van der Waals surface area (Å²) in [5, 5.41) is 3.05. The van der Waals surface area contributed by atoms with Crippen LogP contribution in [-0.2, 0) is 13.1 Å². The van der Waals surface area contributed by atoms with Crippen molar-refractivity contribution >= 4 is 35.5 Å². The van der Waals surface area contributed by atoms with Crippen molar-refractivity contribution in [2.45, 2.75) is 38.1 Å². The molecule has 0 aliphatic heterocycles. The van der Waals surface area contributed by atoms with Gasteiger partial charge in [0, 0.05) is 40.2 Å². The van der Waals surface area contributed by atoms with E-state index in [1.54, 1.807) is 6.92 Å². The average molecular weight is 338 g/mol. The van der Waals surface area contributed by atoms with Crippen LogP contribution in [0.25, 0.3) is 0 Å². The molecule has 0 saturated heterocycles. The van der Waals surface area contributed by atoms with Crippen molar-refractivity contribution < 1.29 is 13.2 Å². The Bertz CT molecular complexity index is 526. The highest BCUT2D eigenvalue weighted by molar-refractivity contribution is 8.31. The van der Waals surface area contributed by atoms with Crippen LogP contribution in [0.4, 0.5) is 0 Å². The van der Waals surface area contributed by atoms with Crippen molar-refractivity contribution in [2.75, 3.05) is 0 Å². The van der Waals surface area contributed by atoms with Gasteiger partial charge < -0.3 is 5.32 Å². The van der Waals surface area contributed by atoms with Crippen LogP contribution >= 0.6 is 21.4 Å². The molecule has 0 heterocycles. The highest BCUT2D eigenvalue weighted by Gasteiger charge is 2.28. The van der Waals surface area contributed by atoms with Gasteiger partial charge in [-0.2, -0.15) is 8.42 Å². The number of hydrogen-bond acceptors (Lipinski definition) is 3. The van der Waals surface area contributed by atoms with Gasteiger partial charge >= 0.3 is 8.26 Å². The number of nitrogens with one attached hydrogen (secondary N) is 1. The molecule has 1 aromatic rings. The number of rotatable bonds is 2. The lowest BCUT2D eigenvalue weighted by Crippen LogP contribution is -2.34. The molecule has 0 bridgehead atoms. The van der Waals surface area contributed by atoms with Crippen molar-refractivity contribution in [3.63, 3.8) is 0 Å². The van der Waals surface area contributed by atoms with E-state index >= 15 is 0 Å². The molecule has 112 valence electrons. The quantitative estimate of drug-likeness (QED) is 0.843. The van der Waals surface area contributed by atoms with Gasteiger partial charge in [0.05, 0.1) is 0 Å². The molecule has 2 unspecified atom stereocenters. The second-order valence-corrected chi connectivity index (χ2v) is 8.30. The van der Waals surface area contributed by atoms with Crippen LogP contribution < -0.4 is 5.32 Å². The standard InChI is InChI=1S/C13H17NO.Cl2O2S/c1-10(15)14-13-9-5-8-12(13)11-6-3-2-4-7-11;1-5(2,3)4/h2-4,6-7,12-13H,5,8-9H2,1H3,(H,14,15);. The molecule has 2 rings (SSSR count). The molecule has 4 nitrogen and oxygen atoms in total. The molecule has 2 atom stereocenters. The van der Waals surface area contributed by atoms with Gasteiger partial charge in [-0.05, 0) is 18.4 Å². The van der Waals surface area contributed by atoms with Gasteiger partial charge in [-0.3, -0.25) is 4.79 Å². The molecular weight excluding hydrogens is 321 g/mol. The van der Waals surface area contributed by atoms with Gasteiger partial charge in [-0.25, -0.2) is 0 Å². The Kier molecular flexibility index (Phi) is 6.79. The number of benzene rings is 1. The van der Waals surface area contributed by atoms with Crippen molar-refractivity contribution in [3.8, 4) is 0 Å². The van der Waals surface area contributed by atoms with Gasteiger partial charge in [0.15, 0.2) is 0 Å². The van der Waals surface area contributed by atoms with Crippen LogP contribution in [0.2, 0.25) is 0 Å². The number of hydrogen-bond donors (Lipinski definition) is 1. The van der Waals surface area contributed by atoms with Gasteiger partial charge in [-0.15, -0.1) is 0 Å². The summed E-state index contributed by atoms with van der Waals surface area (Å²) in [6.07, 6.45) is 3.51. The first-order chi connectivity index (χ1) is 9.27.